The number of hydrogen-bond acceptors (Lipinski definition) is 2. The lowest BCUT2D eigenvalue weighted by Crippen LogP contribution is -2.30. The van der Waals surface area contributed by atoms with Crippen LogP contribution in [0.2, 0.25) is 0 Å². The first-order valence-electron chi connectivity index (χ1n) is 6.19. The summed E-state index contributed by atoms with van der Waals surface area (Å²) in [6, 6.07) is 5.96. The van der Waals surface area contributed by atoms with Crippen LogP contribution in [0, 0.1) is 12.8 Å². The third kappa shape index (κ3) is 2.37. The second-order valence-electron chi connectivity index (χ2n) is 5.20. The summed E-state index contributed by atoms with van der Waals surface area (Å²) in [4.78, 5) is 14.0. The molecule has 4 heteroatoms. The zero-order valence-corrected chi connectivity index (χ0v) is 11.3. The van der Waals surface area contributed by atoms with Crippen molar-refractivity contribution in [2.24, 2.45) is 5.92 Å². The Labute approximate surface area is 107 Å². The number of hydrogen-bond donors (Lipinski definition) is 1. The Bertz CT molecular complexity index is 571. The summed E-state index contributed by atoms with van der Waals surface area (Å²) in [5, 5.41) is 7.95. The van der Waals surface area contributed by atoms with E-state index in [1.807, 2.05) is 32.2 Å². The van der Waals surface area contributed by atoms with Gasteiger partial charge in [-0.15, -0.1) is 0 Å². The molecule has 1 aromatic heterocycles. The molecule has 0 saturated heterocycles. The second-order valence-corrected chi connectivity index (χ2v) is 5.20. The Kier molecular flexibility index (Phi) is 3.36. The maximum atomic E-state index is 12.3. The molecule has 0 atom stereocenters. The fraction of sp³-hybridized carbons (Fsp3) is 0.429. The highest BCUT2D eigenvalue weighted by atomic mass is 16.2. The first-order valence-corrected chi connectivity index (χ1v) is 6.19. The average molecular weight is 245 g/mol. The van der Waals surface area contributed by atoms with Gasteiger partial charge in [-0.1, -0.05) is 25.5 Å². The maximum absolute atomic E-state index is 12.3. The van der Waals surface area contributed by atoms with E-state index in [1.54, 1.807) is 4.90 Å². The van der Waals surface area contributed by atoms with Gasteiger partial charge in [-0.25, -0.2) is 0 Å². The third-order valence-corrected chi connectivity index (χ3v) is 2.91. The number of nitrogens with zero attached hydrogens (tertiary/aromatic N) is 2. The molecule has 0 unspecified atom stereocenters. The molecule has 1 aromatic carbocycles. The van der Waals surface area contributed by atoms with E-state index in [0.717, 1.165) is 23.0 Å². The van der Waals surface area contributed by atoms with Crippen molar-refractivity contribution in [2.75, 3.05) is 13.6 Å². The number of aryl methyl sites for hydroxylation is 1. The van der Waals surface area contributed by atoms with Crippen molar-refractivity contribution < 1.29 is 4.79 Å². The van der Waals surface area contributed by atoms with Gasteiger partial charge in [-0.3, -0.25) is 9.89 Å². The van der Waals surface area contributed by atoms with Crippen molar-refractivity contribution in [1.29, 1.82) is 0 Å². The van der Waals surface area contributed by atoms with Crippen LogP contribution in [-0.2, 0) is 0 Å². The molecule has 0 bridgehead atoms. The molecule has 4 nitrogen and oxygen atoms in total. The number of carbonyl (C=O) groups excluding carboxylic acids is 1. The van der Waals surface area contributed by atoms with Crippen LogP contribution in [0.15, 0.2) is 18.2 Å². The lowest BCUT2D eigenvalue weighted by molar-refractivity contribution is 0.0775. The normalized spacial score (nSPS) is 11.2. The fourth-order valence-corrected chi connectivity index (χ4v) is 2.10. The predicted molar refractivity (Wildman–Crippen MR) is 72.6 cm³/mol. The Morgan fingerprint density at radius 2 is 2.17 bits per heavy atom. The van der Waals surface area contributed by atoms with Gasteiger partial charge in [-0.05, 0) is 25.0 Å². The topological polar surface area (TPSA) is 49.0 Å². The zero-order chi connectivity index (χ0) is 13.3. The standard InChI is InChI=1S/C14H19N3O/c1-9(2)8-17(4)14(18)13-11-7-10(3)5-6-12(11)15-16-13/h5-7,9H,8H2,1-4H3,(H,15,16). The van der Waals surface area contributed by atoms with Crippen molar-refractivity contribution in [1.82, 2.24) is 15.1 Å². The molecule has 1 N–H and O–H groups in total. The van der Waals surface area contributed by atoms with Crippen LogP contribution in [0.25, 0.3) is 10.9 Å². The van der Waals surface area contributed by atoms with Gasteiger partial charge in [0.05, 0.1) is 5.52 Å². The fourth-order valence-electron chi connectivity index (χ4n) is 2.10. The monoisotopic (exact) mass is 245 g/mol. The molecule has 96 valence electrons. The molecule has 0 spiro atoms. The molecule has 0 saturated carbocycles. The number of carbonyl (C=O) groups is 1. The van der Waals surface area contributed by atoms with Crippen LogP contribution in [0.4, 0.5) is 0 Å². The first kappa shape index (κ1) is 12.6. The van der Waals surface area contributed by atoms with Crippen molar-refractivity contribution in [3.8, 4) is 0 Å². The molecule has 2 aromatic rings. The number of aromatic nitrogens is 2. The molecular weight excluding hydrogens is 226 g/mol. The SMILES string of the molecule is Cc1ccc2[nH]nc(C(=O)N(C)CC(C)C)c2c1. The molecule has 2 rings (SSSR count). The van der Waals surface area contributed by atoms with Gasteiger partial charge in [0.25, 0.3) is 5.91 Å². The Hall–Kier alpha value is -1.84. The number of aromatic amines is 1. The van der Waals surface area contributed by atoms with E-state index < -0.39 is 0 Å². The van der Waals surface area contributed by atoms with Crippen molar-refractivity contribution >= 4 is 16.8 Å². The lowest BCUT2D eigenvalue weighted by atomic mass is 10.1. The summed E-state index contributed by atoms with van der Waals surface area (Å²) < 4.78 is 0. The summed E-state index contributed by atoms with van der Waals surface area (Å²) in [6.45, 7) is 6.94. The third-order valence-electron chi connectivity index (χ3n) is 2.91. The molecule has 18 heavy (non-hydrogen) atoms. The van der Waals surface area contributed by atoms with E-state index >= 15 is 0 Å². The van der Waals surface area contributed by atoms with Crippen LogP contribution in [0.3, 0.4) is 0 Å². The van der Waals surface area contributed by atoms with Crippen LogP contribution in [0.5, 0.6) is 0 Å². The number of amides is 1. The molecule has 0 radical (unpaired) electrons. The molecule has 1 amide bonds. The predicted octanol–water partition coefficient (Wildman–Crippen LogP) is 2.60. The molecule has 0 aliphatic rings. The molecule has 1 heterocycles. The molecule has 0 aliphatic carbocycles. The van der Waals surface area contributed by atoms with Gasteiger partial charge in [0, 0.05) is 19.0 Å². The van der Waals surface area contributed by atoms with Crippen LogP contribution in [0.1, 0.15) is 29.9 Å². The largest absolute Gasteiger partial charge is 0.340 e. The van der Waals surface area contributed by atoms with E-state index in [2.05, 4.69) is 24.0 Å². The van der Waals surface area contributed by atoms with Crippen LogP contribution < -0.4 is 0 Å². The van der Waals surface area contributed by atoms with E-state index in [1.165, 1.54) is 0 Å². The highest BCUT2D eigenvalue weighted by Gasteiger charge is 2.18. The van der Waals surface area contributed by atoms with Crippen LogP contribution in [-0.4, -0.2) is 34.6 Å². The summed E-state index contributed by atoms with van der Waals surface area (Å²) in [6.07, 6.45) is 0. The first-order chi connectivity index (χ1) is 8.49. The van der Waals surface area contributed by atoms with Gasteiger partial charge in [0.1, 0.15) is 0 Å². The van der Waals surface area contributed by atoms with Crippen molar-refractivity contribution in [3.63, 3.8) is 0 Å². The highest BCUT2D eigenvalue weighted by molar-refractivity contribution is 6.04. The average Bonchev–Trinajstić information content (AvgIpc) is 2.69. The van der Waals surface area contributed by atoms with Crippen molar-refractivity contribution in [2.45, 2.75) is 20.8 Å². The minimum absolute atomic E-state index is 0.0273. The number of fused-ring (bicyclic) bond motifs is 1. The Morgan fingerprint density at radius 3 is 2.83 bits per heavy atom. The van der Waals surface area contributed by atoms with Crippen LogP contribution >= 0.6 is 0 Å². The van der Waals surface area contributed by atoms with E-state index in [0.29, 0.717) is 11.6 Å². The van der Waals surface area contributed by atoms with Gasteiger partial charge >= 0.3 is 0 Å². The van der Waals surface area contributed by atoms with E-state index in [4.69, 9.17) is 0 Å². The minimum atomic E-state index is -0.0273. The second kappa shape index (κ2) is 4.80. The number of nitrogens with one attached hydrogen (secondary N) is 1. The number of H-pyrrole nitrogens is 1. The Morgan fingerprint density at radius 1 is 1.44 bits per heavy atom. The number of benzene rings is 1. The number of rotatable bonds is 3. The maximum Gasteiger partial charge on any atom is 0.274 e. The van der Waals surface area contributed by atoms with E-state index in [9.17, 15) is 4.79 Å². The van der Waals surface area contributed by atoms with Gasteiger partial charge < -0.3 is 4.90 Å². The van der Waals surface area contributed by atoms with Gasteiger partial charge in [-0.2, -0.15) is 5.10 Å². The molecule has 0 aliphatic heterocycles. The summed E-state index contributed by atoms with van der Waals surface area (Å²) in [5.74, 6) is 0.423. The van der Waals surface area contributed by atoms with Gasteiger partial charge in [0.15, 0.2) is 5.69 Å². The van der Waals surface area contributed by atoms with E-state index in [-0.39, 0.29) is 5.91 Å². The van der Waals surface area contributed by atoms with Crippen molar-refractivity contribution in [3.05, 3.63) is 29.5 Å². The minimum Gasteiger partial charge on any atom is -0.340 e. The Balaban J connectivity index is 2.36. The smallest absolute Gasteiger partial charge is 0.274 e. The highest BCUT2D eigenvalue weighted by Crippen LogP contribution is 2.18. The lowest BCUT2D eigenvalue weighted by Gasteiger charge is -2.18. The summed E-state index contributed by atoms with van der Waals surface area (Å²) in [5.41, 5.74) is 2.54. The zero-order valence-electron chi connectivity index (χ0n) is 11.3. The summed E-state index contributed by atoms with van der Waals surface area (Å²) in [7, 11) is 1.82. The summed E-state index contributed by atoms with van der Waals surface area (Å²) >= 11 is 0. The molecular formula is C14H19N3O. The molecule has 0 fully saturated rings. The quantitative estimate of drug-likeness (QED) is 0.903. The van der Waals surface area contributed by atoms with Gasteiger partial charge in [0.2, 0.25) is 0 Å².